The van der Waals surface area contributed by atoms with Crippen LogP contribution in [0.1, 0.15) is 63.5 Å². The lowest BCUT2D eigenvalue weighted by Crippen LogP contribution is -2.44. The molecule has 0 saturated carbocycles. The first kappa shape index (κ1) is 25.9. The number of benzene rings is 1. The molecule has 1 atom stereocenters. The van der Waals surface area contributed by atoms with Gasteiger partial charge in [-0.05, 0) is 70.2 Å². The summed E-state index contributed by atoms with van der Waals surface area (Å²) in [6, 6.07) is 9.19. The van der Waals surface area contributed by atoms with Crippen molar-refractivity contribution in [2.75, 3.05) is 32.7 Å². The van der Waals surface area contributed by atoms with Crippen LogP contribution in [-0.4, -0.2) is 60.4 Å². The van der Waals surface area contributed by atoms with Crippen LogP contribution < -0.4 is 10.6 Å². The minimum atomic E-state index is 0. The lowest BCUT2D eigenvalue weighted by molar-refractivity contribution is -0.134. The van der Waals surface area contributed by atoms with Crippen LogP contribution >= 0.6 is 24.0 Å². The van der Waals surface area contributed by atoms with E-state index in [2.05, 4.69) is 53.6 Å². The molecule has 2 heterocycles. The molecule has 1 amide bonds. The molecule has 31 heavy (non-hydrogen) atoms. The summed E-state index contributed by atoms with van der Waals surface area (Å²) in [5.74, 6) is 1.03. The second-order valence-electron chi connectivity index (χ2n) is 8.60. The number of piperidine rings is 1. The number of carbonyl (C=O) groups is 1. The normalized spacial score (nSPS) is 19.7. The highest BCUT2D eigenvalue weighted by atomic mass is 127. The van der Waals surface area contributed by atoms with Gasteiger partial charge in [0.25, 0.3) is 0 Å². The zero-order chi connectivity index (χ0) is 21.2. The molecule has 3 rings (SSSR count). The second kappa shape index (κ2) is 13.9. The Morgan fingerprint density at radius 3 is 2.39 bits per heavy atom. The zero-order valence-electron chi connectivity index (χ0n) is 19.2. The maximum Gasteiger partial charge on any atom is 0.224 e. The van der Waals surface area contributed by atoms with Gasteiger partial charge in [-0.3, -0.25) is 9.69 Å². The summed E-state index contributed by atoms with van der Waals surface area (Å²) < 4.78 is 0. The number of amides is 1. The highest BCUT2D eigenvalue weighted by molar-refractivity contribution is 14.0. The number of nitrogens with zero attached hydrogens (tertiary/aromatic N) is 3. The fourth-order valence-corrected chi connectivity index (χ4v) is 4.36. The Morgan fingerprint density at radius 1 is 1.03 bits per heavy atom. The van der Waals surface area contributed by atoms with E-state index in [1.54, 1.807) is 0 Å². The SMILES string of the molecule is CCNC(=NCc1ccc(CN2CCCC2)cc1)NCCC(=O)N1CCCCC1C.I. The van der Waals surface area contributed by atoms with Crippen molar-refractivity contribution >= 4 is 35.8 Å². The van der Waals surface area contributed by atoms with Crippen LogP contribution in [0.5, 0.6) is 0 Å². The molecule has 0 radical (unpaired) electrons. The van der Waals surface area contributed by atoms with E-state index in [9.17, 15) is 4.79 Å². The van der Waals surface area contributed by atoms with Gasteiger partial charge in [0, 0.05) is 38.6 Å². The standard InChI is InChI=1S/C24H39N5O.HI/c1-3-25-24(26-14-13-23(30)29-17-5-4-8-20(29)2)27-18-21-9-11-22(12-10-21)19-28-15-6-7-16-28;/h9-12,20H,3-8,13-19H2,1-2H3,(H2,25,26,27);1H. The quantitative estimate of drug-likeness (QED) is 0.299. The molecule has 2 N–H and O–H groups in total. The largest absolute Gasteiger partial charge is 0.357 e. The summed E-state index contributed by atoms with van der Waals surface area (Å²) in [6.07, 6.45) is 6.66. The number of likely N-dealkylation sites (tertiary alicyclic amines) is 2. The Labute approximate surface area is 205 Å². The Hall–Kier alpha value is -1.35. The van der Waals surface area contributed by atoms with Gasteiger partial charge in [-0.1, -0.05) is 24.3 Å². The van der Waals surface area contributed by atoms with Gasteiger partial charge in [0.15, 0.2) is 5.96 Å². The first-order valence-corrected chi connectivity index (χ1v) is 11.8. The van der Waals surface area contributed by atoms with Crippen molar-refractivity contribution in [2.24, 2.45) is 4.99 Å². The average molecular weight is 542 g/mol. The highest BCUT2D eigenvalue weighted by Crippen LogP contribution is 2.17. The van der Waals surface area contributed by atoms with Crippen LogP contribution in [0.15, 0.2) is 29.3 Å². The van der Waals surface area contributed by atoms with Crippen molar-refractivity contribution < 1.29 is 4.79 Å². The van der Waals surface area contributed by atoms with E-state index in [4.69, 9.17) is 4.99 Å². The molecule has 0 spiro atoms. The van der Waals surface area contributed by atoms with E-state index in [1.165, 1.54) is 43.5 Å². The summed E-state index contributed by atoms with van der Waals surface area (Å²) in [4.78, 5) is 21.8. The van der Waals surface area contributed by atoms with Crippen molar-refractivity contribution in [3.05, 3.63) is 35.4 Å². The third-order valence-corrected chi connectivity index (χ3v) is 6.15. The number of hydrogen-bond donors (Lipinski definition) is 2. The number of rotatable bonds is 8. The molecule has 7 heteroatoms. The summed E-state index contributed by atoms with van der Waals surface area (Å²) in [5, 5.41) is 6.60. The molecule has 6 nitrogen and oxygen atoms in total. The summed E-state index contributed by atoms with van der Waals surface area (Å²) in [7, 11) is 0. The lowest BCUT2D eigenvalue weighted by Gasteiger charge is -2.33. The predicted molar refractivity (Wildman–Crippen MR) is 139 cm³/mol. The molecule has 1 aromatic rings. The third kappa shape index (κ3) is 8.60. The maximum absolute atomic E-state index is 12.5. The van der Waals surface area contributed by atoms with Crippen molar-refractivity contribution in [3.8, 4) is 0 Å². The van der Waals surface area contributed by atoms with Gasteiger partial charge in [0.05, 0.1) is 6.54 Å². The fraction of sp³-hybridized carbons (Fsp3) is 0.667. The van der Waals surface area contributed by atoms with Crippen LogP contribution in [0, 0.1) is 0 Å². The minimum Gasteiger partial charge on any atom is -0.357 e. The van der Waals surface area contributed by atoms with Crippen molar-refractivity contribution in [1.29, 1.82) is 0 Å². The number of carbonyl (C=O) groups excluding carboxylic acids is 1. The van der Waals surface area contributed by atoms with Crippen LogP contribution in [0.25, 0.3) is 0 Å². The van der Waals surface area contributed by atoms with Gasteiger partial charge >= 0.3 is 0 Å². The number of guanidine groups is 1. The smallest absolute Gasteiger partial charge is 0.224 e. The van der Waals surface area contributed by atoms with E-state index in [-0.39, 0.29) is 29.9 Å². The average Bonchev–Trinajstić information content (AvgIpc) is 3.26. The van der Waals surface area contributed by atoms with Crippen molar-refractivity contribution in [2.45, 2.75) is 71.5 Å². The number of halogens is 1. The first-order valence-electron chi connectivity index (χ1n) is 11.8. The van der Waals surface area contributed by atoms with E-state index in [0.717, 1.165) is 38.4 Å². The molecule has 174 valence electrons. The Kier molecular flexibility index (Phi) is 11.6. The van der Waals surface area contributed by atoms with Crippen molar-refractivity contribution in [3.63, 3.8) is 0 Å². The van der Waals surface area contributed by atoms with Crippen LogP contribution in [0.2, 0.25) is 0 Å². The molecule has 1 aromatic carbocycles. The fourth-order valence-electron chi connectivity index (χ4n) is 4.36. The van der Waals surface area contributed by atoms with Crippen LogP contribution in [0.3, 0.4) is 0 Å². The van der Waals surface area contributed by atoms with Gasteiger partial charge in [-0.15, -0.1) is 24.0 Å². The van der Waals surface area contributed by atoms with Crippen molar-refractivity contribution in [1.82, 2.24) is 20.4 Å². The summed E-state index contributed by atoms with van der Waals surface area (Å²) in [6.45, 7) is 10.7. The lowest BCUT2D eigenvalue weighted by atomic mass is 10.0. The Balaban J connectivity index is 0.00000341. The van der Waals surface area contributed by atoms with E-state index >= 15 is 0 Å². The monoisotopic (exact) mass is 541 g/mol. The van der Waals surface area contributed by atoms with Gasteiger partial charge in [-0.25, -0.2) is 4.99 Å². The molecule has 2 saturated heterocycles. The number of aliphatic imine (C=N–C) groups is 1. The molecule has 1 unspecified atom stereocenters. The molecule has 0 bridgehead atoms. The molecule has 0 aliphatic carbocycles. The van der Waals surface area contributed by atoms with Gasteiger partial charge in [-0.2, -0.15) is 0 Å². The minimum absolute atomic E-state index is 0. The molecule has 0 aromatic heterocycles. The molecular formula is C24H40IN5O. The van der Waals surface area contributed by atoms with E-state index in [1.807, 2.05) is 4.90 Å². The van der Waals surface area contributed by atoms with Gasteiger partial charge in [0.1, 0.15) is 0 Å². The Bertz CT molecular complexity index is 688. The molecule has 2 aliphatic heterocycles. The van der Waals surface area contributed by atoms with Gasteiger partial charge < -0.3 is 15.5 Å². The van der Waals surface area contributed by atoms with Crippen LogP contribution in [0.4, 0.5) is 0 Å². The summed E-state index contributed by atoms with van der Waals surface area (Å²) in [5.41, 5.74) is 2.58. The highest BCUT2D eigenvalue weighted by Gasteiger charge is 2.22. The summed E-state index contributed by atoms with van der Waals surface area (Å²) >= 11 is 0. The Morgan fingerprint density at radius 2 is 1.71 bits per heavy atom. The number of nitrogens with one attached hydrogen (secondary N) is 2. The maximum atomic E-state index is 12.5. The zero-order valence-corrected chi connectivity index (χ0v) is 21.6. The molecule has 2 fully saturated rings. The van der Waals surface area contributed by atoms with Gasteiger partial charge in [0.2, 0.25) is 5.91 Å². The van der Waals surface area contributed by atoms with E-state index < -0.39 is 0 Å². The second-order valence-corrected chi connectivity index (χ2v) is 8.60. The van der Waals surface area contributed by atoms with E-state index in [0.29, 0.717) is 25.6 Å². The first-order chi connectivity index (χ1) is 14.7. The van der Waals surface area contributed by atoms with Crippen LogP contribution in [-0.2, 0) is 17.9 Å². The third-order valence-electron chi connectivity index (χ3n) is 6.15. The molecule has 2 aliphatic rings. The number of hydrogen-bond acceptors (Lipinski definition) is 3. The topological polar surface area (TPSA) is 60.0 Å². The molecular weight excluding hydrogens is 501 g/mol. The predicted octanol–water partition coefficient (Wildman–Crippen LogP) is 3.75.